The van der Waals surface area contributed by atoms with Crippen molar-refractivity contribution in [2.24, 2.45) is 0 Å². The minimum atomic E-state index is -0.667. The summed E-state index contributed by atoms with van der Waals surface area (Å²) < 4.78 is 33.7. The molecule has 5 aromatic rings. The molecule has 2 N–H and O–H groups in total. The highest BCUT2D eigenvalue weighted by Crippen LogP contribution is 2.40. The largest absolute Gasteiger partial charge is 0.392 e. The van der Waals surface area contributed by atoms with E-state index in [1.807, 2.05) is 140 Å². The molecule has 5 aromatic carbocycles. The fourth-order valence-electron chi connectivity index (χ4n) is 6.19. The maximum Gasteiger partial charge on any atom is 0.117 e. The van der Waals surface area contributed by atoms with Crippen LogP contribution in [0, 0.1) is 0 Å². The smallest absolute Gasteiger partial charge is 0.117 e. The highest BCUT2D eigenvalue weighted by atomic mass is 16.6. The van der Waals surface area contributed by atoms with Gasteiger partial charge in [0, 0.05) is 0 Å². The molecule has 0 unspecified atom stereocenters. The van der Waals surface area contributed by atoms with E-state index >= 15 is 0 Å². The summed E-state index contributed by atoms with van der Waals surface area (Å²) in [7, 11) is 0. The Morgan fingerprint density at radius 3 is 1.43 bits per heavy atom. The van der Waals surface area contributed by atoms with E-state index in [1.165, 1.54) is 0 Å². The average Bonchev–Trinajstić information content (AvgIpc) is 3.17. The molecule has 0 amide bonds. The van der Waals surface area contributed by atoms with Crippen LogP contribution in [0.15, 0.2) is 140 Å². The van der Waals surface area contributed by atoms with Gasteiger partial charge in [-0.05, 0) is 38.9 Å². The molecule has 0 saturated carbocycles. The van der Waals surface area contributed by atoms with Crippen LogP contribution in [0.5, 0.6) is 0 Å². The van der Waals surface area contributed by atoms with Crippen molar-refractivity contribution in [2.75, 3.05) is 6.61 Å². The van der Waals surface area contributed by atoms with Crippen LogP contribution in [0.2, 0.25) is 0 Å². The van der Waals surface area contributed by atoms with E-state index in [0.717, 1.165) is 27.8 Å². The van der Waals surface area contributed by atoms with E-state index < -0.39 is 30.5 Å². The van der Waals surface area contributed by atoms with E-state index in [1.54, 1.807) is 0 Å². The molecule has 1 saturated heterocycles. The zero-order valence-electron chi connectivity index (χ0n) is 27.6. The third-order valence-electron chi connectivity index (χ3n) is 8.75. The van der Waals surface area contributed by atoms with Gasteiger partial charge in [0.1, 0.15) is 30.5 Å². The number of benzene rings is 5. The van der Waals surface area contributed by atoms with Gasteiger partial charge in [0.25, 0.3) is 0 Å². The molecule has 0 spiro atoms. The molecule has 1 aliphatic rings. The molecule has 1 heterocycles. The van der Waals surface area contributed by atoms with E-state index in [9.17, 15) is 10.2 Å². The fourth-order valence-corrected chi connectivity index (χ4v) is 6.19. The lowest BCUT2D eigenvalue weighted by Crippen LogP contribution is -2.58. The number of hydrogen-bond donors (Lipinski definition) is 2. The summed E-state index contributed by atoms with van der Waals surface area (Å²) in [5, 5.41) is 20.6. The topological polar surface area (TPSA) is 86.6 Å². The molecule has 0 bridgehead atoms. The minimum Gasteiger partial charge on any atom is -0.392 e. The average molecular weight is 661 g/mol. The van der Waals surface area contributed by atoms with Crippen molar-refractivity contribution in [1.29, 1.82) is 0 Å². The summed E-state index contributed by atoms with van der Waals surface area (Å²) in [5.74, 6) is 0. The molecule has 1 aliphatic heterocycles. The van der Waals surface area contributed by atoms with Crippen molar-refractivity contribution < 1.29 is 33.9 Å². The first-order valence-corrected chi connectivity index (χ1v) is 16.8. The lowest BCUT2D eigenvalue weighted by atomic mass is 9.87. The molecule has 0 aliphatic carbocycles. The first kappa shape index (κ1) is 34.7. The molecule has 7 heteroatoms. The third-order valence-corrected chi connectivity index (χ3v) is 8.75. The standard InChI is InChI=1S/C42H44O7/c43-24-35-21-22-36(25-44)37(23-35)39-41(47-28-33-17-9-3-10-18-33)42(48-29-34-19-11-4-12-20-34)40(46-27-32-15-7-2-8-16-32)38(49-39)30-45-26-31-13-5-1-6-14-31/h1-23,38-44H,24-30H2/t38-,39+,40-,41+,42+/m1/s1. The van der Waals surface area contributed by atoms with Gasteiger partial charge in [0.15, 0.2) is 0 Å². The van der Waals surface area contributed by atoms with E-state index in [0.29, 0.717) is 37.6 Å². The first-order valence-electron chi connectivity index (χ1n) is 16.8. The molecular formula is C42H44O7. The minimum absolute atomic E-state index is 0.151. The highest BCUT2D eigenvalue weighted by molar-refractivity contribution is 5.35. The number of hydrogen-bond acceptors (Lipinski definition) is 7. The lowest BCUT2D eigenvalue weighted by molar-refractivity contribution is -0.275. The molecule has 0 radical (unpaired) electrons. The van der Waals surface area contributed by atoms with Gasteiger partial charge in [0.2, 0.25) is 0 Å². The Hall–Kier alpha value is -4.18. The van der Waals surface area contributed by atoms with Crippen LogP contribution >= 0.6 is 0 Å². The molecule has 0 aromatic heterocycles. The number of rotatable bonds is 16. The van der Waals surface area contributed by atoms with Crippen molar-refractivity contribution >= 4 is 0 Å². The van der Waals surface area contributed by atoms with Crippen LogP contribution in [0.3, 0.4) is 0 Å². The summed E-state index contributed by atoms with van der Waals surface area (Å²) in [6, 6.07) is 45.6. The SMILES string of the molecule is OCc1ccc(CO)c([C@@H]2O[C@H](COCc3ccccc3)[C@@H](OCc3ccccc3)[C@H](OCc3ccccc3)[C@H]2OCc2ccccc2)c1. The molecule has 1 fully saturated rings. The second-order valence-electron chi connectivity index (χ2n) is 12.2. The van der Waals surface area contributed by atoms with Gasteiger partial charge in [-0.25, -0.2) is 0 Å². The van der Waals surface area contributed by atoms with Crippen LogP contribution < -0.4 is 0 Å². The highest BCUT2D eigenvalue weighted by Gasteiger charge is 2.49. The Morgan fingerprint density at radius 2 is 0.939 bits per heavy atom. The Morgan fingerprint density at radius 1 is 0.469 bits per heavy atom. The van der Waals surface area contributed by atoms with Crippen LogP contribution in [0.1, 0.15) is 45.0 Å². The summed E-state index contributed by atoms with van der Waals surface area (Å²) in [6.45, 7) is 1.26. The Labute approximate surface area is 288 Å². The maximum absolute atomic E-state index is 10.5. The lowest BCUT2D eigenvalue weighted by Gasteiger charge is -2.47. The second kappa shape index (κ2) is 18.0. The van der Waals surface area contributed by atoms with E-state index in [2.05, 4.69) is 0 Å². The molecule has 49 heavy (non-hydrogen) atoms. The van der Waals surface area contributed by atoms with Crippen LogP contribution in [-0.4, -0.2) is 41.2 Å². The summed E-state index contributed by atoms with van der Waals surface area (Å²) in [5.41, 5.74) is 6.22. The van der Waals surface area contributed by atoms with Crippen LogP contribution in [0.4, 0.5) is 0 Å². The predicted molar refractivity (Wildman–Crippen MR) is 187 cm³/mol. The monoisotopic (exact) mass is 660 g/mol. The van der Waals surface area contributed by atoms with Gasteiger partial charge in [-0.1, -0.05) is 140 Å². The van der Waals surface area contributed by atoms with Gasteiger partial charge in [0.05, 0.1) is 46.2 Å². The molecule has 7 nitrogen and oxygen atoms in total. The predicted octanol–water partition coefficient (Wildman–Crippen LogP) is 7.08. The zero-order valence-corrected chi connectivity index (χ0v) is 27.6. The zero-order chi connectivity index (χ0) is 33.7. The number of aliphatic hydroxyl groups excluding tert-OH is 2. The van der Waals surface area contributed by atoms with Crippen LogP contribution in [-0.2, 0) is 63.3 Å². The molecule has 254 valence electrons. The maximum atomic E-state index is 10.5. The van der Waals surface area contributed by atoms with Gasteiger partial charge in [-0.15, -0.1) is 0 Å². The molecule has 5 atom stereocenters. The normalized spacial score (nSPS) is 20.7. The quantitative estimate of drug-likeness (QED) is 0.117. The fraction of sp³-hybridized carbons (Fsp3) is 0.286. The summed E-state index contributed by atoms with van der Waals surface area (Å²) >= 11 is 0. The number of aliphatic hydroxyl groups is 2. The number of ether oxygens (including phenoxy) is 5. The Balaban J connectivity index is 1.39. The molecule has 6 rings (SSSR count). The van der Waals surface area contributed by atoms with Gasteiger partial charge < -0.3 is 33.9 Å². The Bertz CT molecular complexity index is 1670. The van der Waals surface area contributed by atoms with Crippen molar-refractivity contribution in [1.82, 2.24) is 0 Å². The van der Waals surface area contributed by atoms with Crippen molar-refractivity contribution in [3.63, 3.8) is 0 Å². The van der Waals surface area contributed by atoms with Crippen molar-refractivity contribution in [3.8, 4) is 0 Å². The Kier molecular flexibility index (Phi) is 12.7. The van der Waals surface area contributed by atoms with E-state index in [-0.39, 0.29) is 19.8 Å². The second-order valence-corrected chi connectivity index (χ2v) is 12.2. The van der Waals surface area contributed by atoms with Crippen molar-refractivity contribution in [2.45, 2.75) is 70.2 Å². The summed E-state index contributed by atoms with van der Waals surface area (Å²) in [4.78, 5) is 0. The first-order chi connectivity index (χ1) is 24.2. The van der Waals surface area contributed by atoms with Gasteiger partial charge in [-0.3, -0.25) is 0 Å². The van der Waals surface area contributed by atoms with Gasteiger partial charge >= 0.3 is 0 Å². The molecular weight excluding hydrogens is 616 g/mol. The van der Waals surface area contributed by atoms with Gasteiger partial charge in [-0.2, -0.15) is 0 Å². The third kappa shape index (κ3) is 9.50. The van der Waals surface area contributed by atoms with E-state index in [4.69, 9.17) is 23.7 Å². The van der Waals surface area contributed by atoms with Crippen molar-refractivity contribution in [3.05, 3.63) is 178 Å². The summed E-state index contributed by atoms with van der Waals surface area (Å²) in [6.07, 6.45) is -3.04. The van der Waals surface area contributed by atoms with Crippen LogP contribution in [0.25, 0.3) is 0 Å².